The van der Waals surface area contributed by atoms with Crippen molar-refractivity contribution in [3.05, 3.63) is 64.6 Å². The molecule has 2 aliphatic heterocycles. The van der Waals surface area contributed by atoms with Crippen molar-refractivity contribution < 1.29 is 4.79 Å². The summed E-state index contributed by atoms with van der Waals surface area (Å²) in [7, 11) is 0. The van der Waals surface area contributed by atoms with Crippen LogP contribution in [-0.4, -0.2) is 74.6 Å². The summed E-state index contributed by atoms with van der Waals surface area (Å²) < 4.78 is 1.50. The molecular weight excluding hydrogens is 566 g/mol. The number of likely N-dealkylation sites (tertiary alicyclic amines) is 1. The van der Waals surface area contributed by atoms with Gasteiger partial charge in [0.2, 0.25) is 11.9 Å². The molecule has 1 amide bonds. The Labute approximate surface area is 263 Å². The van der Waals surface area contributed by atoms with Crippen LogP contribution in [0.2, 0.25) is 0 Å². The summed E-state index contributed by atoms with van der Waals surface area (Å²) in [6, 6.07) is 10.0. The van der Waals surface area contributed by atoms with Gasteiger partial charge in [-0.05, 0) is 62.9 Å². The molecule has 5 heterocycles. The van der Waals surface area contributed by atoms with Gasteiger partial charge < -0.3 is 20.4 Å². The molecule has 3 fully saturated rings. The third-order valence-electron chi connectivity index (χ3n) is 9.44. The molecule has 0 atom stereocenters. The minimum Gasteiger partial charge on any atom is -0.369 e. The van der Waals surface area contributed by atoms with Crippen LogP contribution in [0.15, 0.2) is 47.5 Å². The molecule has 0 unspecified atom stereocenters. The smallest absolute Gasteiger partial charge is 0.260 e. The van der Waals surface area contributed by atoms with Gasteiger partial charge in [-0.25, -0.2) is 15.0 Å². The number of piperazine rings is 1. The number of amides is 1. The lowest BCUT2D eigenvalue weighted by Gasteiger charge is -2.29. The summed E-state index contributed by atoms with van der Waals surface area (Å²) in [5, 5.41) is 7.35. The molecule has 7 rings (SSSR count). The first-order chi connectivity index (χ1) is 22.0. The van der Waals surface area contributed by atoms with E-state index in [-0.39, 0.29) is 18.0 Å². The number of carbonyl (C=O) groups excluding carboxylic acids is 1. The van der Waals surface area contributed by atoms with E-state index in [1.54, 1.807) is 12.4 Å². The second-order valence-electron chi connectivity index (χ2n) is 12.5. The quantitative estimate of drug-likeness (QED) is 0.315. The van der Waals surface area contributed by atoms with Gasteiger partial charge >= 0.3 is 0 Å². The Morgan fingerprint density at radius 3 is 2.40 bits per heavy atom. The fourth-order valence-electron chi connectivity index (χ4n) is 6.88. The number of rotatable bonds is 7. The number of nitrogens with one attached hydrogen (secondary N) is 2. The van der Waals surface area contributed by atoms with E-state index in [2.05, 4.69) is 32.7 Å². The summed E-state index contributed by atoms with van der Waals surface area (Å²) in [6.07, 6.45) is 11.3. The van der Waals surface area contributed by atoms with Crippen LogP contribution in [0.1, 0.15) is 62.4 Å². The molecule has 0 radical (unpaired) electrons. The van der Waals surface area contributed by atoms with Crippen LogP contribution in [0, 0.1) is 6.92 Å². The molecule has 3 aromatic heterocycles. The Hall–Kier alpha value is -4.38. The van der Waals surface area contributed by atoms with Crippen molar-refractivity contribution >= 4 is 34.3 Å². The average Bonchev–Trinajstić information content (AvgIpc) is 3.63. The first-order valence-electron chi connectivity index (χ1n) is 16.4. The fraction of sp³-hybridized carbons (Fsp3) is 0.471. The highest BCUT2D eigenvalue weighted by molar-refractivity contribution is 5.84. The van der Waals surface area contributed by atoms with Crippen molar-refractivity contribution in [3.63, 3.8) is 0 Å². The van der Waals surface area contributed by atoms with Crippen LogP contribution >= 0.6 is 0 Å². The molecule has 1 aliphatic carbocycles. The maximum atomic E-state index is 14.2. The molecule has 1 saturated carbocycles. The van der Waals surface area contributed by atoms with Crippen LogP contribution in [0.25, 0.3) is 22.2 Å². The number of nitrogens with zero attached hydrogens (tertiary/aromatic N) is 7. The highest BCUT2D eigenvalue weighted by atomic mass is 16.2. The van der Waals surface area contributed by atoms with Crippen LogP contribution in [0.4, 0.5) is 17.3 Å². The van der Waals surface area contributed by atoms with E-state index in [1.807, 2.05) is 30.0 Å². The van der Waals surface area contributed by atoms with Crippen LogP contribution in [0.3, 0.4) is 0 Å². The van der Waals surface area contributed by atoms with E-state index in [1.165, 1.54) is 29.5 Å². The lowest BCUT2D eigenvalue weighted by molar-refractivity contribution is -0.130. The van der Waals surface area contributed by atoms with Crippen LogP contribution in [0.5, 0.6) is 0 Å². The van der Waals surface area contributed by atoms with Gasteiger partial charge in [-0.15, -0.1) is 0 Å². The standard InChI is InChI=1S/C34H41N9O2/c1-23-29(21-36-31(38-23)24-7-3-2-4-8-24)28-19-25-20-37-34(39-26-9-11-27(12-10-26)41-17-13-35-14-18-41)40-32(25)43(33(28)45)22-30(44)42-15-5-6-16-42/h9-12,19-21,24,35H,2-8,13-18,22H2,1H3,(H,37,39,40). The molecule has 2 saturated heterocycles. The highest BCUT2D eigenvalue weighted by Gasteiger charge is 2.24. The molecule has 4 aromatic rings. The van der Waals surface area contributed by atoms with Gasteiger partial charge in [0.1, 0.15) is 18.0 Å². The van der Waals surface area contributed by atoms with Crippen molar-refractivity contribution in [1.82, 2.24) is 34.7 Å². The lowest BCUT2D eigenvalue weighted by atomic mass is 9.88. The Bertz CT molecular complexity index is 1740. The van der Waals surface area contributed by atoms with E-state index < -0.39 is 0 Å². The van der Waals surface area contributed by atoms with Crippen molar-refractivity contribution in [2.45, 2.75) is 64.3 Å². The maximum absolute atomic E-state index is 14.2. The molecule has 0 bridgehead atoms. The molecule has 1 aromatic carbocycles. The number of aryl methyl sites for hydroxylation is 1. The van der Waals surface area contributed by atoms with Gasteiger partial charge in [0.25, 0.3) is 5.56 Å². The fourth-order valence-corrected chi connectivity index (χ4v) is 6.88. The SMILES string of the molecule is Cc1nc(C2CCCCC2)ncc1-c1cc2cnc(Nc3ccc(N4CCNCC4)cc3)nc2n(CC(=O)N2CCCC2)c1=O. The predicted molar refractivity (Wildman–Crippen MR) is 176 cm³/mol. The zero-order valence-corrected chi connectivity index (χ0v) is 26.0. The number of fused-ring (bicyclic) bond motifs is 1. The average molecular weight is 608 g/mol. The Balaban J connectivity index is 1.23. The van der Waals surface area contributed by atoms with Gasteiger partial charge in [-0.2, -0.15) is 4.98 Å². The van der Waals surface area contributed by atoms with Gasteiger partial charge in [0.15, 0.2) is 0 Å². The largest absolute Gasteiger partial charge is 0.369 e. The molecule has 11 nitrogen and oxygen atoms in total. The summed E-state index contributed by atoms with van der Waals surface area (Å²) in [5.41, 5.74) is 4.06. The Morgan fingerprint density at radius 2 is 1.67 bits per heavy atom. The van der Waals surface area contributed by atoms with Crippen molar-refractivity contribution in [2.75, 3.05) is 49.5 Å². The zero-order chi connectivity index (χ0) is 30.8. The number of anilines is 3. The van der Waals surface area contributed by atoms with Gasteiger partial charge in [0.05, 0.1) is 5.56 Å². The summed E-state index contributed by atoms with van der Waals surface area (Å²) in [6.45, 7) is 7.20. The van der Waals surface area contributed by atoms with Crippen molar-refractivity contribution in [3.8, 4) is 11.1 Å². The van der Waals surface area contributed by atoms with Crippen molar-refractivity contribution in [1.29, 1.82) is 0 Å². The second kappa shape index (κ2) is 12.9. The van der Waals surface area contributed by atoms with E-state index in [0.717, 1.165) is 69.1 Å². The van der Waals surface area contributed by atoms with Gasteiger partial charge in [0, 0.05) is 85.6 Å². The number of benzene rings is 1. The zero-order valence-electron chi connectivity index (χ0n) is 26.0. The summed E-state index contributed by atoms with van der Waals surface area (Å²) in [5.74, 6) is 1.52. The van der Waals surface area contributed by atoms with E-state index in [4.69, 9.17) is 15.0 Å². The number of pyridine rings is 1. The number of hydrogen-bond donors (Lipinski definition) is 2. The topological polar surface area (TPSA) is 121 Å². The molecule has 45 heavy (non-hydrogen) atoms. The minimum absolute atomic E-state index is 0.0784. The first kappa shape index (κ1) is 29.3. The highest BCUT2D eigenvalue weighted by Crippen LogP contribution is 2.32. The predicted octanol–water partition coefficient (Wildman–Crippen LogP) is 4.38. The van der Waals surface area contributed by atoms with Gasteiger partial charge in [-0.3, -0.25) is 14.2 Å². The van der Waals surface area contributed by atoms with E-state index in [0.29, 0.717) is 47.1 Å². The van der Waals surface area contributed by atoms with Crippen molar-refractivity contribution in [2.24, 2.45) is 0 Å². The second-order valence-corrected chi connectivity index (χ2v) is 12.5. The third-order valence-corrected chi connectivity index (χ3v) is 9.44. The third kappa shape index (κ3) is 6.26. The molecule has 0 spiro atoms. The Kier molecular flexibility index (Phi) is 8.43. The van der Waals surface area contributed by atoms with E-state index in [9.17, 15) is 9.59 Å². The number of carbonyl (C=O) groups is 1. The van der Waals surface area contributed by atoms with Gasteiger partial charge in [-0.1, -0.05) is 19.3 Å². The summed E-state index contributed by atoms with van der Waals surface area (Å²) in [4.78, 5) is 50.7. The molecule has 2 N–H and O–H groups in total. The number of hydrogen-bond acceptors (Lipinski definition) is 9. The number of aromatic nitrogens is 5. The Morgan fingerprint density at radius 1 is 0.911 bits per heavy atom. The maximum Gasteiger partial charge on any atom is 0.260 e. The normalized spacial score (nSPS) is 17.6. The van der Waals surface area contributed by atoms with E-state index >= 15 is 0 Å². The van der Waals surface area contributed by atoms with Crippen LogP contribution in [-0.2, 0) is 11.3 Å². The molecular formula is C34H41N9O2. The molecule has 3 aliphatic rings. The lowest BCUT2D eigenvalue weighted by Crippen LogP contribution is -2.43. The minimum atomic E-state index is -0.280. The first-order valence-corrected chi connectivity index (χ1v) is 16.4. The molecule has 234 valence electrons. The monoisotopic (exact) mass is 607 g/mol. The summed E-state index contributed by atoms with van der Waals surface area (Å²) >= 11 is 0. The molecule has 11 heteroatoms. The van der Waals surface area contributed by atoms with Crippen LogP contribution < -0.4 is 21.1 Å².